The maximum absolute atomic E-state index is 11.6. The molecule has 3 aromatic rings. The third-order valence-electron chi connectivity index (χ3n) is 3.36. The van der Waals surface area contributed by atoms with E-state index in [1.54, 1.807) is 18.2 Å². The number of nitrogens with two attached hydrogens (primary N) is 1. The van der Waals surface area contributed by atoms with Gasteiger partial charge in [-0.2, -0.15) is 0 Å². The van der Waals surface area contributed by atoms with Crippen LogP contribution in [0.25, 0.3) is 11.0 Å². The number of imidazole rings is 1. The monoisotopic (exact) mass is 296 g/mol. The number of aromatic amines is 1. The second kappa shape index (κ2) is 5.77. The highest BCUT2D eigenvalue weighted by atomic mass is 16.5. The fraction of sp³-hybridized carbons (Fsp3) is 0.125. The lowest BCUT2D eigenvalue weighted by molar-refractivity contribution is 0.0601. The number of nitrogens with zero attached hydrogens (tertiary/aromatic N) is 1. The van der Waals surface area contributed by atoms with E-state index in [2.05, 4.69) is 15.3 Å². The standard InChI is InChI=1S/C16H16N4O2/c1-22-16(21)10-6-7-11(17)14(8-10)18-9-15-19-12-4-2-3-5-13(12)20-15/h2-8,18H,9,17H2,1H3,(H,19,20). The van der Waals surface area contributed by atoms with E-state index in [-0.39, 0.29) is 0 Å². The number of hydrogen-bond acceptors (Lipinski definition) is 5. The van der Waals surface area contributed by atoms with E-state index in [0.29, 0.717) is 23.5 Å². The summed E-state index contributed by atoms with van der Waals surface area (Å²) in [6, 6.07) is 12.8. The molecule has 22 heavy (non-hydrogen) atoms. The predicted molar refractivity (Wildman–Crippen MR) is 85.6 cm³/mol. The summed E-state index contributed by atoms with van der Waals surface area (Å²) < 4.78 is 4.71. The maximum Gasteiger partial charge on any atom is 0.337 e. The van der Waals surface area contributed by atoms with Crippen molar-refractivity contribution in [3.05, 3.63) is 53.9 Å². The number of H-pyrrole nitrogens is 1. The summed E-state index contributed by atoms with van der Waals surface area (Å²) in [5.74, 6) is 0.399. The minimum Gasteiger partial charge on any atom is -0.465 e. The number of para-hydroxylation sites is 2. The van der Waals surface area contributed by atoms with E-state index in [1.165, 1.54) is 7.11 Å². The van der Waals surface area contributed by atoms with Crippen molar-refractivity contribution in [1.82, 2.24) is 9.97 Å². The van der Waals surface area contributed by atoms with Crippen LogP contribution in [0.2, 0.25) is 0 Å². The number of benzene rings is 2. The fourth-order valence-electron chi connectivity index (χ4n) is 2.22. The Morgan fingerprint density at radius 1 is 1.32 bits per heavy atom. The molecule has 0 aliphatic carbocycles. The van der Waals surface area contributed by atoms with Crippen molar-refractivity contribution in [3.8, 4) is 0 Å². The quantitative estimate of drug-likeness (QED) is 0.508. The highest BCUT2D eigenvalue weighted by Gasteiger charge is 2.09. The molecule has 1 aromatic heterocycles. The molecule has 0 aliphatic rings. The SMILES string of the molecule is COC(=O)c1ccc(N)c(NCc2nc3ccccc3[nH]2)c1. The summed E-state index contributed by atoms with van der Waals surface area (Å²) in [6.45, 7) is 0.476. The molecule has 3 rings (SSSR count). The Hall–Kier alpha value is -3.02. The molecule has 0 aliphatic heterocycles. The lowest BCUT2D eigenvalue weighted by atomic mass is 10.1. The average Bonchev–Trinajstić information content (AvgIpc) is 2.96. The zero-order chi connectivity index (χ0) is 15.5. The number of hydrogen-bond donors (Lipinski definition) is 3. The number of ether oxygens (including phenoxy) is 1. The number of carbonyl (C=O) groups is 1. The molecule has 0 amide bonds. The van der Waals surface area contributed by atoms with Crippen molar-refractivity contribution in [2.75, 3.05) is 18.2 Å². The topological polar surface area (TPSA) is 93.0 Å². The van der Waals surface area contributed by atoms with E-state index in [1.807, 2.05) is 24.3 Å². The first kappa shape index (κ1) is 13.9. The first-order chi connectivity index (χ1) is 10.7. The Balaban J connectivity index is 1.79. The molecule has 6 nitrogen and oxygen atoms in total. The van der Waals surface area contributed by atoms with Crippen LogP contribution in [0.15, 0.2) is 42.5 Å². The molecule has 112 valence electrons. The minimum atomic E-state index is -0.396. The van der Waals surface area contributed by atoms with Crippen molar-refractivity contribution in [1.29, 1.82) is 0 Å². The smallest absolute Gasteiger partial charge is 0.337 e. The number of nitrogens with one attached hydrogen (secondary N) is 2. The second-order valence-corrected chi connectivity index (χ2v) is 4.85. The van der Waals surface area contributed by atoms with Crippen molar-refractivity contribution >= 4 is 28.4 Å². The Morgan fingerprint density at radius 3 is 2.91 bits per heavy atom. The van der Waals surface area contributed by atoms with E-state index in [9.17, 15) is 4.79 Å². The number of esters is 1. The molecule has 1 heterocycles. The predicted octanol–water partition coefficient (Wildman–Crippen LogP) is 2.54. The summed E-state index contributed by atoms with van der Waals surface area (Å²) in [5, 5.41) is 3.18. The summed E-state index contributed by atoms with van der Waals surface area (Å²) in [5.41, 5.74) is 9.50. The molecule has 0 saturated heterocycles. The molecule has 2 aromatic carbocycles. The van der Waals surface area contributed by atoms with E-state index in [0.717, 1.165) is 16.9 Å². The van der Waals surface area contributed by atoms with Gasteiger partial charge in [-0.3, -0.25) is 0 Å². The van der Waals surface area contributed by atoms with Gasteiger partial charge in [-0.1, -0.05) is 12.1 Å². The highest BCUT2D eigenvalue weighted by molar-refractivity contribution is 5.91. The number of aromatic nitrogens is 2. The average molecular weight is 296 g/mol. The molecule has 0 bridgehead atoms. The highest BCUT2D eigenvalue weighted by Crippen LogP contribution is 2.21. The van der Waals surface area contributed by atoms with Gasteiger partial charge in [0.25, 0.3) is 0 Å². The molecule has 0 atom stereocenters. The zero-order valence-electron chi connectivity index (χ0n) is 12.1. The van der Waals surface area contributed by atoms with Crippen molar-refractivity contribution in [3.63, 3.8) is 0 Å². The first-order valence-electron chi connectivity index (χ1n) is 6.82. The van der Waals surface area contributed by atoms with Crippen molar-refractivity contribution in [2.24, 2.45) is 0 Å². The Morgan fingerprint density at radius 2 is 2.14 bits per heavy atom. The van der Waals surface area contributed by atoms with Crippen LogP contribution in [0.3, 0.4) is 0 Å². The molecule has 0 saturated carbocycles. The number of methoxy groups -OCH3 is 1. The van der Waals surface area contributed by atoms with Gasteiger partial charge < -0.3 is 20.8 Å². The van der Waals surface area contributed by atoms with Gasteiger partial charge in [0.05, 0.1) is 41.6 Å². The molecule has 4 N–H and O–H groups in total. The Labute approximate surface area is 127 Å². The molecule has 0 fully saturated rings. The zero-order valence-corrected chi connectivity index (χ0v) is 12.1. The lowest BCUT2D eigenvalue weighted by Gasteiger charge is -2.09. The largest absolute Gasteiger partial charge is 0.465 e. The van der Waals surface area contributed by atoms with Crippen LogP contribution in [-0.2, 0) is 11.3 Å². The van der Waals surface area contributed by atoms with Gasteiger partial charge in [-0.05, 0) is 30.3 Å². The van der Waals surface area contributed by atoms with Gasteiger partial charge in [-0.15, -0.1) is 0 Å². The van der Waals surface area contributed by atoms with Crippen LogP contribution in [0.5, 0.6) is 0 Å². The number of fused-ring (bicyclic) bond motifs is 1. The maximum atomic E-state index is 11.6. The van der Waals surface area contributed by atoms with Crippen LogP contribution >= 0.6 is 0 Å². The number of rotatable bonds is 4. The number of anilines is 2. The van der Waals surface area contributed by atoms with Crippen molar-refractivity contribution < 1.29 is 9.53 Å². The van der Waals surface area contributed by atoms with Gasteiger partial charge in [0.2, 0.25) is 0 Å². The third kappa shape index (κ3) is 2.71. The Kier molecular flexibility index (Phi) is 3.65. The summed E-state index contributed by atoms with van der Waals surface area (Å²) in [4.78, 5) is 19.3. The van der Waals surface area contributed by atoms with Crippen LogP contribution in [0.4, 0.5) is 11.4 Å². The van der Waals surface area contributed by atoms with Crippen LogP contribution in [0, 0.1) is 0 Å². The second-order valence-electron chi connectivity index (χ2n) is 4.85. The van der Waals surface area contributed by atoms with Gasteiger partial charge in [0.15, 0.2) is 0 Å². The lowest BCUT2D eigenvalue weighted by Crippen LogP contribution is -2.07. The van der Waals surface area contributed by atoms with Gasteiger partial charge >= 0.3 is 5.97 Å². The van der Waals surface area contributed by atoms with Crippen LogP contribution in [0.1, 0.15) is 16.2 Å². The van der Waals surface area contributed by atoms with Gasteiger partial charge in [-0.25, -0.2) is 9.78 Å². The summed E-state index contributed by atoms with van der Waals surface area (Å²) in [7, 11) is 1.35. The van der Waals surface area contributed by atoms with E-state index in [4.69, 9.17) is 10.5 Å². The van der Waals surface area contributed by atoms with Gasteiger partial charge in [0, 0.05) is 0 Å². The molecule has 6 heteroatoms. The number of carbonyl (C=O) groups excluding carboxylic acids is 1. The molecular weight excluding hydrogens is 280 g/mol. The van der Waals surface area contributed by atoms with E-state index < -0.39 is 5.97 Å². The molecule has 0 radical (unpaired) electrons. The Bertz CT molecular complexity index is 793. The first-order valence-corrected chi connectivity index (χ1v) is 6.82. The van der Waals surface area contributed by atoms with E-state index >= 15 is 0 Å². The summed E-state index contributed by atoms with van der Waals surface area (Å²) >= 11 is 0. The van der Waals surface area contributed by atoms with Crippen molar-refractivity contribution in [2.45, 2.75) is 6.54 Å². The molecular formula is C16H16N4O2. The van der Waals surface area contributed by atoms with Crippen LogP contribution in [-0.4, -0.2) is 23.0 Å². The van der Waals surface area contributed by atoms with Gasteiger partial charge in [0.1, 0.15) is 5.82 Å². The molecule has 0 unspecified atom stereocenters. The van der Waals surface area contributed by atoms with Crippen LogP contribution < -0.4 is 11.1 Å². The fourth-order valence-corrected chi connectivity index (χ4v) is 2.22. The normalized spacial score (nSPS) is 10.6. The third-order valence-corrected chi connectivity index (χ3v) is 3.36. The summed E-state index contributed by atoms with van der Waals surface area (Å²) in [6.07, 6.45) is 0. The number of nitrogen functional groups attached to an aromatic ring is 1. The minimum absolute atomic E-state index is 0.396. The molecule has 0 spiro atoms.